The summed E-state index contributed by atoms with van der Waals surface area (Å²) in [5.41, 5.74) is 1.03. The minimum atomic E-state index is 0. The fraction of sp³-hybridized carbons (Fsp3) is 0.556. The third-order valence-corrected chi connectivity index (χ3v) is 4.60. The molecule has 2 aliphatic rings. The van der Waals surface area contributed by atoms with Crippen LogP contribution in [0.15, 0.2) is 30.3 Å². The number of carbonyl (C=O) groups excluding carboxylic acids is 2. The Labute approximate surface area is 154 Å². The highest BCUT2D eigenvalue weighted by atomic mass is 35.5. The van der Waals surface area contributed by atoms with Crippen LogP contribution in [0.2, 0.25) is 0 Å². The summed E-state index contributed by atoms with van der Waals surface area (Å²) in [6.45, 7) is 4.59. The van der Waals surface area contributed by atoms with Crippen LogP contribution in [-0.4, -0.2) is 73.6 Å². The van der Waals surface area contributed by atoms with E-state index >= 15 is 0 Å². The van der Waals surface area contributed by atoms with Crippen molar-refractivity contribution in [1.82, 2.24) is 15.1 Å². The van der Waals surface area contributed by atoms with Crippen molar-refractivity contribution in [2.24, 2.45) is 0 Å². The SMILES string of the molecule is Cl.O=C(Cc1ccccc1)N1CCN(C(=O)CC2COCCN2)CC1. The highest BCUT2D eigenvalue weighted by Gasteiger charge is 2.26. The van der Waals surface area contributed by atoms with Crippen LogP contribution in [0, 0.1) is 0 Å². The van der Waals surface area contributed by atoms with Crippen molar-refractivity contribution in [1.29, 1.82) is 0 Å². The van der Waals surface area contributed by atoms with E-state index < -0.39 is 0 Å². The number of morpholine rings is 1. The molecule has 1 aromatic rings. The third-order valence-electron chi connectivity index (χ3n) is 4.60. The summed E-state index contributed by atoms with van der Waals surface area (Å²) in [6, 6.07) is 9.90. The number of halogens is 1. The predicted octanol–water partition coefficient (Wildman–Crippen LogP) is 0.700. The van der Waals surface area contributed by atoms with E-state index in [1.165, 1.54) is 0 Å². The zero-order chi connectivity index (χ0) is 16.8. The molecular formula is C18H26ClN3O3. The minimum absolute atomic E-state index is 0. The van der Waals surface area contributed by atoms with E-state index in [-0.39, 0.29) is 30.3 Å². The summed E-state index contributed by atoms with van der Waals surface area (Å²) in [7, 11) is 0. The van der Waals surface area contributed by atoms with E-state index in [0.29, 0.717) is 52.2 Å². The Balaban J connectivity index is 0.00000225. The van der Waals surface area contributed by atoms with E-state index in [1.54, 1.807) is 0 Å². The molecule has 25 heavy (non-hydrogen) atoms. The predicted molar refractivity (Wildman–Crippen MR) is 97.8 cm³/mol. The molecule has 0 radical (unpaired) electrons. The van der Waals surface area contributed by atoms with Crippen LogP contribution in [0.25, 0.3) is 0 Å². The molecule has 138 valence electrons. The van der Waals surface area contributed by atoms with E-state index in [1.807, 2.05) is 40.1 Å². The summed E-state index contributed by atoms with van der Waals surface area (Å²) >= 11 is 0. The number of amides is 2. The highest BCUT2D eigenvalue weighted by molar-refractivity contribution is 5.85. The number of nitrogens with one attached hydrogen (secondary N) is 1. The van der Waals surface area contributed by atoms with Crippen LogP contribution in [-0.2, 0) is 20.7 Å². The molecule has 2 fully saturated rings. The first kappa shape index (κ1) is 19.7. The molecule has 0 aromatic heterocycles. The van der Waals surface area contributed by atoms with Gasteiger partial charge in [0.2, 0.25) is 11.8 Å². The molecule has 2 heterocycles. The molecule has 0 bridgehead atoms. The maximum Gasteiger partial charge on any atom is 0.227 e. The third kappa shape index (κ3) is 5.70. The van der Waals surface area contributed by atoms with Gasteiger partial charge in [-0.3, -0.25) is 9.59 Å². The van der Waals surface area contributed by atoms with Crippen molar-refractivity contribution in [3.05, 3.63) is 35.9 Å². The van der Waals surface area contributed by atoms with Gasteiger partial charge in [-0.15, -0.1) is 12.4 Å². The standard InChI is InChI=1S/C18H25N3O3.ClH/c22-17(12-15-4-2-1-3-5-15)20-7-9-21(10-8-20)18(23)13-16-14-24-11-6-19-16;/h1-5,16,19H,6-14H2;1H. The summed E-state index contributed by atoms with van der Waals surface area (Å²) in [4.78, 5) is 28.4. The molecule has 0 spiro atoms. The molecule has 0 aliphatic carbocycles. The van der Waals surface area contributed by atoms with Crippen molar-refractivity contribution in [3.63, 3.8) is 0 Å². The largest absolute Gasteiger partial charge is 0.378 e. The number of nitrogens with zero attached hydrogens (tertiary/aromatic N) is 2. The Morgan fingerprint density at radius 3 is 2.28 bits per heavy atom. The van der Waals surface area contributed by atoms with Crippen molar-refractivity contribution in [2.75, 3.05) is 45.9 Å². The first-order chi connectivity index (χ1) is 11.7. The van der Waals surface area contributed by atoms with Gasteiger partial charge in [0.05, 0.1) is 19.6 Å². The fourth-order valence-electron chi connectivity index (χ4n) is 3.18. The molecule has 1 atom stereocenters. The van der Waals surface area contributed by atoms with Gasteiger partial charge in [0.25, 0.3) is 0 Å². The molecule has 6 nitrogen and oxygen atoms in total. The topological polar surface area (TPSA) is 61.9 Å². The van der Waals surface area contributed by atoms with Gasteiger partial charge in [0, 0.05) is 45.2 Å². The zero-order valence-electron chi connectivity index (χ0n) is 14.4. The number of piperazine rings is 1. The van der Waals surface area contributed by atoms with Gasteiger partial charge in [-0.25, -0.2) is 0 Å². The van der Waals surface area contributed by atoms with Crippen LogP contribution in [0.4, 0.5) is 0 Å². The molecule has 7 heteroatoms. The fourth-order valence-corrected chi connectivity index (χ4v) is 3.18. The Hall–Kier alpha value is -1.63. The monoisotopic (exact) mass is 367 g/mol. The maximum atomic E-state index is 12.4. The first-order valence-corrected chi connectivity index (χ1v) is 8.63. The van der Waals surface area contributed by atoms with Crippen LogP contribution < -0.4 is 5.32 Å². The Morgan fingerprint density at radius 1 is 1.04 bits per heavy atom. The van der Waals surface area contributed by atoms with Crippen molar-refractivity contribution < 1.29 is 14.3 Å². The smallest absolute Gasteiger partial charge is 0.227 e. The number of benzene rings is 1. The molecule has 0 saturated carbocycles. The average Bonchev–Trinajstić information content (AvgIpc) is 2.63. The number of carbonyl (C=O) groups is 2. The molecule has 2 aliphatic heterocycles. The number of hydrogen-bond acceptors (Lipinski definition) is 4. The second kappa shape index (κ2) is 9.75. The lowest BCUT2D eigenvalue weighted by atomic mass is 10.1. The lowest BCUT2D eigenvalue weighted by molar-refractivity contribution is -0.139. The summed E-state index contributed by atoms with van der Waals surface area (Å²) in [5.74, 6) is 0.281. The second-order valence-electron chi connectivity index (χ2n) is 6.35. The number of ether oxygens (including phenoxy) is 1. The van der Waals surface area contributed by atoms with Crippen LogP contribution in [0.1, 0.15) is 12.0 Å². The Bertz CT molecular complexity index is 556. The number of rotatable bonds is 4. The van der Waals surface area contributed by atoms with Gasteiger partial charge in [-0.05, 0) is 5.56 Å². The highest BCUT2D eigenvalue weighted by Crippen LogP contribution is 2.09. The summed E-state index contributed by atoms with van der Waals surface area (Å²) in [5, 5.41) is 3.31. The minimum Gasteiger partial charge on any atom is -0.378 e. The zero-order valence-corrected chi connectivity index (χ0v) is 15.2. The van der Waals surface area contributed by atoms with Crippen molar-refractivity contribution in [2.45, 2.75) is 18.9 Å². The molecule has 1 aromatic carbocycles. The summed E-state index contributed by atoms with van der Waals surface area (Å²) in [6.07, 6.45) is 0.899. The van der Waals surface area contributed by atoms with Crippen LogP contribution >= 0.6 is 12.4 Å². The first-order valence-electron chi connectivity index (χ1n) is 8.63. The van der Waals surface area contributed by atoms with E-state index in [9.17, 15) is 9.59 Å². The van der Waals surface area contributed by atoms with Gasteiger partial charge in [0.1, 0.15) is 0 Å². The van der Waals surface area contributed by atoms with Crippen molar-refractivity contribution >= 4 is 24.2 Å². The van der Waals surface area contributed by atoms with Gasteiger partial charge in [0.15, 0.2) is 0 Å². The Kier molecular flexibility index (Phi) is 7.68. The van der Waals surface area contributed by atoms with Crippen molar-refractivity contribution in [3.8, 4) is 0 Å². The molecule has 2 saturated heterocycles. The maximum absolute atomic E-state index is 12.4. The average molecular weight is 368 g/mol. The quantitative estimate of drug-likeness (QED) is 0.851. The lowest BCUT2D eigenvalue weighted by Crippen LogP contribution is -2.52. The lowest BCUT2D eigenvalue weighted by Gasteiger charge is -2.36. The van der Waals surface area contributed by atoms with E-state index in [4.69, 9.17) is 4.74 Å². The molecule has 1 N–H and O–H groups in total. The van der Waals surface area contributed by atoms with Gasteiger partial charge >= 0.3 is 0 Å². The van der Waals surface area contributed by atoms with Crippen LogP contribution in [0.5, 0.6) is 0 Å². The second-order valence-corrected chi connectivity index (χ2v) is 6.35. The molecule has 3 rings (SSSR count). The van der Waals surface area contributed by atoms with E-state index in [2.05, 4.69) is 5.32 Å². The van der Waals surface area contributed by atoms with Crippen LogP contribution in [0.3, 0.4) is 0 Å². The Morgan fingerprint density at radius 2 is 1.68 bits per heavy atom. The molecular weight excluding hydrogens is 342 g/mol. The van der Waals surface area contributed by atoms with Gasteiger partial charge < -0.3 is 19.9 Å². The van der Waals surface area contributed by atoms with Gasteiger partial charge in [-0.2, -0.15) is 0 Å². The van der Waals surface area contributed by atoms with E-state index in [0.717, 1.165) is 12.1 Å². The molecule has 2 amide bonds. The number of hydrogen-bond donors (Lipinski definition) is 1. The normalized spacial score (nSPS) is 20.7. The molecule has 1 unspecified atom stereocenters. The summed E-state index contributed by atoms with van der Waals surface area (Å²) < 4.78 is 5.39. The van der Waals surface area contributed by atoms with Gasteiger partial charge in [-0.1, -0.05) is 30.3 Å².